The fourth-order valence-corrected chi connectivity index (χ4v) is 4.18. The first kappa shape index (κ1) is 21.5. The molecule has 9 nitrogen and oxygen atoms in total. The zero-order chi connectivity index (χ0) is 23.3. The van der Waals surface area contributed by atoms with Gasteiger partial charge < -0.3 is 14.2 Å². The second-order valence-corrected chi connectivity index (χ2v) is 8.41. The van der Waals surface area contributed by atoms with Crippen LogP contribution in [0.1, 0.15) is 17.8 Å². The molecule has 1 saturated heterocycles. The Kier molecular flexibility index (Phi) is 5.34. The van der Waals surface area contributed by atoms with Crippen LogP contribution in [0.5, 0.6) is 0 Å². The third-order valence-electron chi connectivity index (χ3n) is 5.88. The molecule has 5 rings (SSSR count). The van der Waals surface area contributed by atoms with Crippen LogP contribution in [-0.4, -0.2) is 49.0 Å². The summed E-state index contributed by atoms with van der Waals surface area (Å²) in [7, 11) is 3.49. The third-order valence-corrected chi connectivity index (χ3v) is 6.12. The first-order valence-electron chi connectivity index (χ1n) is 10.4. The third kappa shape index (κ3) is 3.75. The molecule has 1 aromatic carbocycles. The topological polar surface area (TPSA) is 91.0 Å². The van der Waals surface area contributed by atoms with Crippen LogP contribution in [0, 0.1) is 12.7 Å². The number of nitrogens with zero attached hydrogens (tertiary/aromatic N) is 7. The van der Waals surface area contributed by atoms with E-state index in [0.717, 1.165) is 0 Å². The van der Waals surface area contributed by atoms with Crippen molar-refractivity contribution in [1.82, 2.24) is 29.3 Å². The van der Waals surface area contributed by atoms with Gasteiger partial charge in [0.2, 0.25) is 0 Å². The van der Waals surface area contributed by atoms with E-state index in [-0.39, 0.29) is 33.3 Å². The van der Waals surface area contributed by atoms with Crippen LogP contribution in [0.25, 0.3) is 22.2 Å². The lowest BCUT2D eigenvalue weighted by Gasteiger charge is -2.33. The molecular formula is C22H21ClFN7O2. The van der Waals surface area contributed by atoms with Crippen molar-refractivity contribution in [2.24, 2.45) is 14.1 Å². The number of hydrogen-bond donors (Lipinski definition) is 0. The smallest absolute Gasteiger partial charge is 0.263 e. The molecule has 0 bridgehead atoms. The van der Waals surface area contributed by atoms with Crippen LogP contribution in [-0.2, 0) is 18.8 Å². The van der Waals surface area contributed by atoms with Gasteiger partial charge >= 0.3 is 0 Å². The SMILES string of the molecule is Cc1nc2cc(N3CCO[C@@H](c4nncn4C)C3)nc(-c3ccc(Cl)cc3F)c2c(=O)n1C. The number of halogens is 2. The molecule has 4 aromatic rings. The van der Waals surface area contributed by atoms with Gasteiger partial charge in [0.05, 0.1) is 29.7 Å². The van der Waals surface area contributed by atoms with E-state index < -0.39 is 5.82 Å². The zero-order valence-electron chi connectivity index (χ0n) is 18.3. The lowest BCUT2D eigenvalue weighted by molar-refractivity contribution is 0.0318. The fraction of sp³-hybridized carbons (Fsp3) is 0.318. The van der Waals surface area contributed by atoms with Crippen LogP contribution in [0.4, 0.5) is 10.2 Å². The normalized spacial score (nSPS) is 16.5. The number of ether oxygens (including phenoxy) is 1. The molecule has 0 unspecified atom stereocenters. The molecular weight excluding hydrogens is 449 g/mol. The highest BCUT2D eigenvalue weighted by molar-refractivity contribution is 6.30. The van der Waals surface area contributed by atoms with Gasteiger partial charge in [-0.05, 0) is 25.1 Å². The van der Waals surface area contributed by atoms with Crippen LogP contribution < -0.4 is 10.5 Å². The molecule has 1 fully saturated rings. The van der Waals surface area contributed by atoms with Gasteiger partial charge in [-0.1, -0.05) is 11.6 Å². The van der Waals surface area contributed by atoms with Crippen LogP contribution >= 0.6 is 11.6 Å². The van der Waals surface area contributed by atoms with Crippen molar-refractivity contribution >= 4 is 28.3 Å². The molecule has 0 N–H and O–H groups in total. The monoisotopic (exact) mass is 469 g/mol. The largest absolute Gasteiger partial charge is 0.366 e. The molecule has 1 atom stereocenters. The molecule has 33 heavy (non-hydrogen) atoms. The summed E-state index contributed by atoms with van der Waals surface area (Å²) in [5.74, 6) is 1.26. The Morgan fingerprint density at radius 3 is 2.76 bits per heavy atom. The first-order chi connectivity index (χ1) is 15.8. The van der Waals surface area contributed by atoms with Gasteiger partial charge in [-0.25, -0.2) is 14.4 Å². The van der Waals surface area contributed by atoms with Gasteiger partial charge in [0, 0.05) is 37.3 Å². The maximum atomic E-state index is 14.9. The minimum absolute atomic E-state index is 0.187. The van der Waals surface area contributed by atoms with Gasteiger partial charge in [0.15, 0.2) is 5.82 Å². The van der Waals surface area contributed by atoms with Gasteiger partial charge in [0.25, 0.3) is 5.56 Å². The van der Waals surface area contributed by atoms with Gasteiger partial charge in [-0.15, -0.1) is 10.2 Å². The Hall–Kier alpha value is -3.37. The van der Waals surface area contributed by atoms with E-state index >= 15 is 0 Å². The van der Waals surface area contributed by atoms with Crippen LogP contribution in [0.2, 0.25) is 5.02 Å². The molecule has 170 valence electrons. The van der Waals surface area contributed by atoms with E-state index in [9.17, 15) is 9.18 Å². The molecule has 1 aliphatic heterocycles. The maximum Gasteiger partial charge on any atom is 0.263 e. The summed E-state index contributed by atoms with van der Waals surface area (Å²) in [4.78, 5) is 24.5. The van der Waals surface area contributed by atoms with Crippen molar-refractivity contribution < 1.29 is 9.13 Å². The number of aromatic nitrogens is 6. The quantitative estimate of drug-likeness (QED) is 0.455. The van der Waals surface area contributed by atoms with Crippen molar-refractivity contribution in [3.8, 4) is 11.3 Å². The van der Waals surface area contributed by atoms with Crippen molar-refractivity contribution in [2.75, 3.05) is 24.6 Å². The summed E-state index contributed by atoms with van der Waals surface area (Å²) in [5, 5.41) is 8.61. The second kappa shape index (κ2) is 8.20. The molecule has 4 heterocycles. The number of aryl methyl sites for hydroxylation is 2. The average molecular weight is 470 g/mol. The number of fused-ring (bicyclic) bond motifs is 1. The van der Waals surface area contributed by atoms with Gasteiger partial charge in [-0.2, -0.15) is 0 Å². The van der Waals surface area contributed by atoms with E-state index in [0.29, 0.717) is 42.7 Å². The molecule has 0 aliphatic carbocycles. The summed E-state index contributed by atoms with van der Waals surface area (Å²) in [6.45, 7) is 3.24. The Labute approximate surface area is 193 Å². The van der Waals surface area contributed by atoms with E-state index in [1.807, 2.05) is 16.5 Å². The number of hydrogen-bond acceptors (Lipinski definition) is 7. The van der Waals surface area contributed by atoms with Gasteiger partial charge in [0.1, 0.15) is 29.9 Å². The summed E-state index contributed by atoms with van der Waals surface area (Å²) in [6.07, 6.45) is 1.31. The Morgan fingerprint density at radius 2 is 2.03 bits per heavy atom. The fourth-order valence-electron chi connectivity index (χ4n) is 4.02. The average Bonchev–Trinajstić information content (AvgIpc) is 3.23. The highest BCUT2D eigenvalue weighted by Gasteiger charge is 2.28. The number of morpholine rings is 1. The van der Waals surface area contributed by atoms with Crippen LogP contribution in [0.3, 0.4) is 0 Å². The minimum atomic E-state index is -0.560. The number of benzene rings is 1. The standard InChI is InChI=1S/C22H21ClFN7O2/c1-12-26-16-9-18(31-6-7-33-17(10-31)21-28-25-11-29(21)2)27-20(19(16)22(32)30(12)3)14-5-4-13(23)8-15(14)24/h4-5,8-9,11,17H,6-7,10H2,1-3H3/t17-/m1/s1. The van der Waals surface area contributed by atoms with Gasteiger partial charge in [-0.3, -0.25) is 9.36 Å². The van der Waals surface area contributed by atoms with E-state index in [1.54, 1.807) is 32.4 Å². The number of pyridine rings is 1. The van der Waals surface area contributed by atoms with E-state index in [4.69, 9.17) is 21.3 Å². The molecule has 0 radical (unpaired) electrons. The van der Waals surface area contributed by atoms with Crippen molar-refractivity contribution in [3.05, 3.63) is 63.4 Å². The highest BCUT2D eigenvalue weighted by atomic mass is 35.5. The Bertz CT molecular complexity index is 1430. The predicted molar refractivity (Wildman–Crippen MR) is 122 cm³/mol. The summed E-state index contributed by atoms with van der Waals surface area (Å²) in [6, 6.07) is 6.08. The lowest BCUT2D eigenvalue weighted by Crippen LogP contribution is -2.39. The zero-order valence-corrected chi connectivity index (χ0v) is 19.0. The number of rotatable bonds is 3. The molecule has 0 spiro atoms. The van der Waals surface area contributed by atoms with E-state index in [1.165, 1.54) is 16.7 Å². The molecule has 0 saturated carbocycles. The Morgan fingerprint density at radius 1 is 1.21 bits per heavy atom. The maximum absolute atomic E-state index is 14.9. The molecule has 3 aromatic heterocycles. The van der Waals surface area contributed by atoms with Crippen molar-refractivity contribution in [2.45, 2.75) is 13.0 Å². The Balaban J connectivity index is 1.68. The second-order valence-electron chi connectivity index (χ2n) is 7.98. The summed E-state index contributed by atoms with van der Waals surface area (Å²) in [5.41, 5.74) is 0.574. The number of anilines is 1. The van der Waals surface area contributed by atoms with Crippen molar-refractivity contribution in [1.29, 1.82) is 0 Å². The lowest BCUT2D eigenvalue weighted by atomic mass is 10.1. The van der Waals surface area contributed by atoms with Crippen LogP contribution in [0.15, 0.2) is 35.4 Å². The molecule has 0 amide bonds. The summed E-state index contributed by atoms with van der Waals surface area (Å²) >= 11 is 5.96. The predicted octanol–water partition coefficient (Wildman–Crippen LogP) is 2.80. The molecule has 11 heteroatoms. The molecule has 1 aliphatic rings. The van der Waals surface area contributed by atoms with Crippen molar-refractivity contribution in [3.63, 3.8) is 0 Å². The highest BCUT2D eigenvalue weighted by Crippen LogP contribution is 2.32. The van der Waals surface area contributed by atoms with E-state index in [2.05, 4.69) is 15.2 Å². The summed E-state index contributed by atoms with van der Waals surface area (Å²) < 4.78 is 24.1. The minimum Gasteiger partial charge on any atom is -0.366 e. The first-order valence-corrected chi connectivity index (χ1v) is 10.8.